The van der Waals surface area contributed by atoms with Crippen molar-refractivity contribution in [3.05, 3.63) is 24.3 Å². The van der Waals surface area contributed by atoms with Crippen molar-refractivity contribution in [2.75, 3.05) is 0 Å². The van der Waals surface area contributed by atoms with E-state index in [0.29, 0.717) is 11.6 Å². The van der Waals surface area contributed by atoms with Crippen molar-refractivity contribution >= 4 is 0 Å². The standard InChI is InChI=1S/C9H11N3O3/c1-5(13)7(10)9-11-8(12-15-9)6-3-2-4-14-6/h2-5,7,13H,10H2,1H3/t5-,7+/m1/s1. The molecule has 0 saturated carbocycles. The molecule has 0 unspecified atom stereocenters. The Kier molecular flexibility index (Phi) is 2.53. The lowest BCUT2D eigenvalue weighted by atomic mass is 10.2. The van der Waals surface area contributed by atoms with Crippen molar-refractivity contribution in [2.45, 2.75) is 19.1 Å². The predicted octanol–water partition coefficient (Wildman–Crippen LogP) is 0.710. The minimum Gasteiger partial charge on any atom is -0.461 e. The molecular weight excluding hydrogens is 198 g/mol. The molecule has 0 fully saturated rings. The Bertz CT molecular complexity index is 422. The van der Waals surface area contributed by atoms with E-state index in [1.165, 1.54) is 6.26 Å². The minimum atomic E-state index is -0.741. The molecule has 2 aromatic rings. The summed E-state index contributed by atoms with van der Waals surface area (Å²) in [4.78, 5) is 4.02. The Morgan fingerprint density at radius 1 is 1.53 bits per heavy atom. The van der Waals surface area contributed by atoms with Crippen LogP contribution in [0.15, 0.2) is 27.3 Å². The second-order valence-corrected chi connectivity index (χ2v) is 3.20. The van der Waals surface area contributed by atoms with Gasteiger partial charge in [0.25, 0.3) is 0 Å². The van der Waals surface area contributed by atoms with E-state index >= 15 is 0 Å². The molecule has 15 heavy (non-hydrogen) atoms. The zero-order valence-corrected chi connectivity index (χ0v) is 8.12. The van der Waals surface area contributed by atoms with Crippen molar-refractivity contribution in [3.63, 3.8) is 0 Å². The van der Waals surface area contributed by atoms with Gasteiger partial charge >= 0.3 is 0 Å². The maximum atomic E-state index is 9.24. The van der Waals surface area contributed by atoms with Crippen LogP contribution in [0.1, 0.15) is 18.9 Å². The topological polar surface area (TPSA) is 98.3 Å². The number of hydrogen-bond acceptors (Lipinski definition) is 6. The number of furan rings is 1. The molecule has 0 aliphatic heterocycles. The van der Waals surface area contributed by atoms with Crippen LogP contribution < -0.4 is 5.73 Å². The first-order valence-electron chi connectivity index (χ1n) is 4.49. The zero-order chi connectivity index (χ0) is 10.8. The summed E-state index contributed by atoms with van der Waals surface area (Å²) in [6, 6.07) is 2.75. The zero-order valence-electron chi connectivity index (χ0n) is 8.12. The van der Waals surface area contributed by atoms with Crippen LogP contribution in [-0.2, 0) is 0 Å². The van der Waals surface area contributed by atoms with Crippen LogP contribution >= 0.6 is 0 Å². The highest BCUT2D eigenvalue weighted by atomic mass is 16.5. The second kappa shape index (κ2) is 3.84. The number of aliphatic hydroxyl groups excluding tert-OH is 1. The molecule has 0 aromatic carbocycles. The van der Waals surface area contributed by atoms with Gasteiger partial charge in [-0.2, -0.15) is 4.98 Å². The third-order valence-electron chi connectivity index (χ3n) is 1.99. The van der Waals surface area contributed by atoms with Gasteiger partial charge < -0.3 is 19.8 Å². The fourth-order valence-electron chi connectivity index (χ4n) is 1.08. The molecule has 6 heteroatoms. The molecule has 0 bridgehead atoms. The van der Waals surface area contributed by atoms with E-state index in [2.05, 4.69) is 10.1 Å². The number of rotatable bonds is 3. The van der Waals surface area contributed by atoms with Gasteiger partial charge in [-0.15, -0.1) is 0 Å². The molecule has 2 heterocycles. The molecule has 0 amide bonds. The number of hydrogen-bond donors (Lipinski definition) is 2. The average molecular weight is 209 g/mol. The smallest absolute Gasteiger partial charge is 0.246 e. The maximum Gasteiger partial charge on any atom is 0.246 e. The lowest BCUT2D eigenvalue weighted by Crippen LogP contribution is -2.23. The number of aliphatic hydroxyl groups is 1. The SMILES string of the molecule is C[C@@H](O)[C@H](N)c1nc(-c2ccco2)no1. The first-order valence-corrected chi connectivity index (χ1v) is 4.49. The van der Waals surface area contributed by atoms with Crippen LogP contribution in [0.5, 0.6) is 0 Å². The van der Waals surface area contributed by atoms with E-state index < -0.39 is 12.1 Å². The van der Waals surface area contributed by atoms with Crippen molar-refractivity contribution in [3.8, 4) is 11.6 Å². The van der Waals surface area contributed by atoms with E-state index in [9.17, 15) is 5.11 Å². The molecule has 80 valence electrons. The highest BCUT2D eigenvalue weighted by molar-refractivity contribution is 5.44. The van der Waals surface area contributed by atoms with E-state index in [4.69, 9.17) is 14.7 Å². The third kappa shape index (κ3) is 1.90. The summed E-state index contributed by atoms with van der Waals surface area (Å²) in [5.41, 5.74) is 5.63. The monoisotopic (exact) mass is 209 g/mol. The Hall–Kier alpha value is -1.66. The molecule has 0 saturated heterocycles. The number of nitrogens with zero attached hydrogens (tertiary/aromatic N) is 2. The van der Waals surface area contributed by atoms with Gasteiger partial charge in [-0.3, -0.25) is 0 Å². The van der Waals surface area contributed by atoms with Crippen LogP contribution in [0.4, 0.5) is 0 Å². The van der Waals surface area contributed by atoms with Gasteiger partial charge in [0.15, 0.2) is 5.76 Å². The minimum absolute atomic E-state index is 0.191. The molecule has 2 aromatic heterocycles. The highest BCUT2D eigenvalue weighted by Crippen LogP contribution is 2.19. The summed E-state index contributed by atoms with van der Waals surface area (Å²) in [6.45, 7) is 1.56. The fraction of sp³-hybridized carbons (Fsp3) is 0.333. The Labute approximate surface area is 85.7 Å². The first-order chi connectivity index (χ1) is 7.18. The van der Waals surface area contributed by atoms with E-state index in [0.717, 1.165) is 0 Å². The summed E-state index contributed by atoms with van der Waals surface area (Å²) in [5, 5.41) is 12.9. The average Bonchev–Trinajstić information content (AvgIpc) is 2.86. The second-order valence-electron chi connectivity index (χ2n) is 3.20. The highest BCUT2D eigenvalue weighted by Gasteiger charge is 2.20. The molecular formula is C9H11N3O3. The van der Waals surface area contributed by atoms with Crippen LogP contribution in [0.2, 0.25) is 0 Å². The summed E-state index contributed by atoms with van der Waals surface area (Å²) in [6.07, 6.45) is 0.773. The Morgan fingerprint density at radius 3 is 2.93 bits per heavy atom. The van der Waals surface area contributed by atoms with Gasteiger partial charge in [-0.1, -0.05) is 5.16 Å². The lowest BCUT2D eigenvalue weighted by molar-refractivity contribution is 0.146. The normalized spacial score (nSPS) is 15.1. The van der Waals surface area contributed by atoms with Gasteiger partial charge in [0, 0.05) is 0 Å². The van der Waals surface area contributed by atoms with Gasteiger partial charge in [-0.05, 0) is 19.1 Å². The van der Waals surface area contributed by atoms with Crippen molar-refractivity contribution in [2.24, 2.45) is 5.73 Å². The number of nitrogens with two attached hydrogens (primary N) is 1. The summed E-state index contributed by atoms with van der Waals surface area (Å²) >= 11 is 0. The molecule has 2 atom stereocenters. The molecule has 6 nitrogen and oxygen atoms in total. The third-order valence-corrected chi connectivity index (χ3v) is 1.99. The van der Waals surface area contributed by atoms with Gasteiger partial charge in [0.1, 0.15) is 6.04 Å². The van der Waals surface area contributed by atoms with Crippen LogP contribution in [-0.4, -0.2) is 21.4 Å². The van der Waals surface area contributed by atoms with Crippen molar-refractivity contribution in [1.82, 2.24) is 10.1 Å². The Balaban J connectivity index is 2.25. The van der Waals surface area contributed by atoms with Crippen LogP contribution in [0.25, 0.3) is 11.6 Å². The largest absolute Gasteiger partial charge is 0.461 e. The number of aromatic nitrogens is 2. The molecule has 0 aliphatic carbocycles. The Morgan fingerprint density at radius 2 is 2.33 bits per heavy atom. The van der Waals surface area contributed by atoms with E-state index in [-0.39, 0.29) is 5.89 Å². The van der Waals surface area contributed by atoms with Gasteiger partial charge in [-0.25, -0.2) is 0 Å². The van der Waals surface area contributed by atoms with Gasteiger partial charge in [0.05, 0.1) is 12.4 Å². The summed E-state index contributed by atoms with van der Waals surface area (Å²) in [5.74, 6) is 1.02. The molecule has 2 rings (SSSR count). The van der Waals surface area contributed by atoms with E-state index in [1.807, 2.05) is 0 Å². The van der Waals surface area contributed by atoms with Crippen molar-refractivity contribution < 1.29 is 14.0 Å². The first kappa shape index (κ1) is 9.88. The molecule has 0 aliphatic rings. The lowest BCUT2D eigenvalue weighted by Gasteiger charge is -2.08. The van der Waals surface area contributed by atoms with Crippen molar-refractivity contribution in [1.29, 1.82) is 0 Å². The van der Waals surface area contributed by atoms with E-state index in [1.54, 1.807) is 19.1 Å². The fourth-order valence-corrected chi connectivity index (χ4v) is 1.08. The van der Waals surface area contributed by atoms with Crippen LogP contribution in [0.3, 0.4) is 0 Å². The van der Waals surface area contributed by atoms with Crippen LogP contribution in [0, 0.1) is 0 Å². The predicted molar refractivity (Wildman–Crippen MR) is 50.6 cm³/mol. The quantitative estimate of drug-likeness (QED) is 0.772. The maximum absolute atomic E-state index is 9.24. The van der Waals surface area contributed by atoms with Gasteiger partial charge in [0.2, 0.25) is 11.7 Å². The molecule has 0 spiro atoms. The molecule has 3 N–H and O–H groups in total. The summed E-state index contributed by atoms with van der Waals surface area (Å²) < 4.78 is 9.99. The molecule has 0 radical (unpaired) electrons. The summed E-state index contributed by atoms with van der Waals surface area (Å²) in [7, 11) is 0.